The predicted octanol–water partition coefficient (Wildman–Crippen LogP) is 3.88. The fourth-order valence-electron chi connectivity index (χ4n) is 2.83. The highest BCUT2D eigenvalue weighted by molar-refractivity contribution is 5.70. The molecule has 0 saturated carbocycles. The van der Waals surface area contributed by atoms with Crippen LogP contribution in [0.1, 0.15) is 26.7 Å². The van der Waals surface area contributed by atoms with Crippen LogP contribution in [0.3, 0.4) is 0 Å². The normalized spacial score (nSPS) is 16.8. The zero-order valence-corrected chi connectivity index (χ0v) is 12.3. The average Bonchev–Trinajstić information content (AvgIpc) is 2.41. The molecule has 1 saturated heterocycles. The van der Waals surface area contributed by atoms with Gasteiger partial charge in [-0.15, -0.1) is 0 Å². The summed E-state index contributed by atoms with van der Waals surface area (Å²) in [7, 11) is 0. The lowest BCUT2D eigenvalue weighted by atomic mass is 9.86. The first-order chi connectivity index (χ1) is 9.88. The van der Waals surface area contributed by atoms with Gasteiger partial charge in [-0.05, 0) is 24.7 Å². The molecule has 0 unspecified atom stereocenters. The minimum atomic E-state index is -3.05. The Balaban J connectivity index is 2.16. The number of nitrogens with two attached hydrogens (primary N) is 1. The van der Waals surface area contributed by atoms with E-state index in [1.54, 1.807) is 0 Å². The molecule has 2 rings (SSSR count). The maximum Gasteiger partial charge on any atom is 0.387 e. The molecule has 0 atom stereocenters. The molecule has 21 heavy (non-hydrogen) atoms. The van der Waals surface area contributed by atoms with E-state index in [0.717, 1.165) is 32.0 Å². The third kappa shape index (κ3) is 3.74. The first-order valence-corrected chi connectivity index (χ1v) is 7.17. The summed E-state index contributed by atoms with van der Waals surface area (Å²) in [5.41, 5.74) is 6.63. The summed E-state index contributed by atoms with van der Waals surface area (Å²) in [4.78, 5) is 2.01. The van der Waals surface area contributed by atoms with Crippen LogP contribution in [0, 0.1) is 17.7 Å². The molecule has 6 heteroatoms. The van der Waals surface area contributed by atoms with E-state index < -0.39 is 18.2 Å². The number of alkyl halides is 2. The summed E-state index contributed by atoms with van der Waals surface area (Å²) < 4.78 is 42.3. The molecule has 1 aliphatic rings. The van der Waals surface area contributed by atoms with Crippen molar-refractivity contribution in [2.75, 3.05) is 23.7 Å². The number of hydrogen-bond acceptors (Lipinski definition) is 3. The molecular formula is C15H21F3N2O. The first kappa shape index (κ1) is 15.8. The van der Waals surface area contributed by atoms with Crippen LogP contribution in [-0.2, 0) is 0 Å². The van der Waals surface area contributed by atoms with Gasteiger partial charge in [0.05, 0.1) is 11.4 Å². The standard InChI is InChI=1S/C15H21F3N2O/c1-9(2)10-3-5-20(6-4-10)13-8-14(21-15(17)18)11(16)7-12(13)19/h7-10,15H,3-6,19H2,1-2H3. The molecule has 3 nitrogen and oxygen atoms in total. The number of nitrogen functional groups attached to an aromatic ring is 1. The molecule has 0 aliphatic carbocycles. The highest BCUT2D eigenvalue weighted by Gasteiger charge is 2.24. The largest absolute Gasteiger partial charge is 0.432 e. The van der Waals surface area contributed by atoms with Gasteiger partial charge in [-0.1, -0.05) is 13.8 Å². The molecule has 0 aromatic heterocycles. The molecule has 0 spiro atoms. The summed E-state index contributed by atoms with van der Waals surface area (Å²) in [5, 5.41) is 0. The van der Waals surface area contributed by atoms with Crippen molar-refractivity contribution in [3.8, 4) is 5.75 Å². The number of halogens is 3. The number of piperidine rings is 1. The van der Waals surface area contributed by atoms with Crippen LogP contribution in [-0.4, -0.2) is 19.7 Å². The molecule has 2 N–H and O–H groups in total. The molecule has 1 aliphatic heterocycles. The molecule has 1 aromatic rings. The van der Waals surface area contributed by atoms with E-state index in [2.05, 4.69) is 18.6 Å². The molecule has 0 bridgehead atoms. The first-order valence-electron chi connectivity index (χ1n) is 7.17. The lowest BCUT2D eigenvalue weighted by molar-refractivity contribution is -0.0521. The third-order valence-corrected chi connectivity index (χ3v) is 4.12. The summed E-state index contributed by atoms with van der Waals surface area (Å²) >= 11 is 0. The zero-order chi connectivity index (χ0) is 15.6. The van der Waals surface area contributed by atoms with Crippen molar-refractivity contribution < 1.29 is 17.9 Å². The van der Waals surface area contributed by atoms with Crippen LogP contribution < -0.4 is 15.4 Å². The quantitative estimate of drug-likeness (QED) is 0.858. The van der Waals surface area contributed by atoms with Crippen LogP contribution in [0.2, 0.25) is 0 Å². The van der Waals surface area contributed by atoms with Gasteiger partial charge in [-0.2, -0.15) is 8.78 Å². The average molecular weight is 302 g/mol. The van der Waals surface area contributed by atoms with Crippen LogP contribution in [0.4, 0.5) is 24.5 Å². The Hall–Kier alpha value is -1.59. The topological polar surface area (TPSA) is 38.5 Å². The van der Waals surface area contributed by atoms with Crippen molar-refractivity contribution >= 4 is 11.4 Å². The predicted molar refractivity (Wildman–Crippen MR) is 77.2 cm³/mol. The summed E-state index contributed by atoms with van der Waals surface area (Å²) in [6, 6.07) is 2.31. The smallest absolute Gasteiger partial charge is 0.387 e. The summed E-state index contributed by atoms with van der Waals surface area (Å²) in [6.07, 6.45) is 2.03. The molecule has 0 amide bonds. The van der Waals surface area contributed by atoms with Gasteiger partial charge in [0.1, 0.15) is 0 Å². The zero-order valence-electron chi connectivity index (χ0n) is 12.3. The summed E-state index contributed by atoms with van der Waals surface area (Å²) in [5.74, 6) is -0.0519. The molecule has 1 aromatic carbocycles. The monoisotopic (exact) mass is 302 g/mol. The lowest BCUT2D eigenvalue weighted by Crippen LogP contribution is -2.35. The Morgan fingerprint density at radius 2 is 1.86 bits per heavy atom. The second-order valence-corrected chi connectivity index (χ2v) is 5.79. The second-order valence-electron chi connectivity index (χ2n) is 5.79. The third-order valence-electron chi connectivity index (χ3n) is 4.12. The number of anilines is 2. The van der Waals surface area contributed by atoms with Gasteiger partial charge >= 0.3 is 6.61 Å². The van der Waals surface area contributed by atoms with Gasteiger partial charge in [-0.3, -0.25) is 0 Å². The maximum atomic E-state index is 13.6. The highest BCUT2D eigenvalue weighted by atomic mass is 19.3. The van der Waals surface area contributed by atoms with Crippen molar-refractivity contribution in [2.45, 2.75) is 33.3 Å². The number of hydrogen-bond donors (Lipinski definition) is 1. The van der Waals surface area contributed by atoms with E-state index in [0.29, 0.717) is 17.5 Å². The van der Waals surface area contributed by atoms with Gasteiger partial charge in [0, 0.05) is 25.2 Å². The van der Waals surface area contributed by atoms with Crippen LogP contribution in [0.15, 0.2) is 12.1 Å². The molecule has 0 radical (unpaired) electrons. The summed E-state index contributed by atoms with van der Waals surface area (Å²) in [6.45, 7) is 2.91. The van der Waals surface area contributed by atoms with Crippen LogP contribution >= 0.6 is 0 Å². The molecular weight excluding hydrogens is 281 g/mol. The highest BCUT2D eigenvalue weighted by Crippen LogP contribution is 2.35. The van der Waals surface area contributed by atoms with E-state index in [-0.39, 0.29) is 5.69 Å². The molecule has 1 heterocycles. The lowest BCUT2D eigenvalue weighted by Gasteiger charge is -2.36. The van der Waals surface area contributed by atoms with Gasteiger partial charge in [0.2, 0.25) is 0 Å². The van der Waals surface area contributed by atoms with Crippen molar-refractivity contribution in [2.24, 2.45) is 11.8 Å². The van der Waals surface area contributed by atoms with Crippen molar-refractivity contribution in [1.82, 2.24) is 0 Å². The van der Waals surface area contributed by atoms with E-state index in [9.17, 15) is 13.2 Å². The fourth-order valence-corrected chi connectivity index (χ4v) is 2.83. The van der Waals surface area contributed by atoms with Gasteiger partial charge in [0.15, 0.2) is 11.6 Å². The van der Waals surface area contributed by atoms with Crippen molar-refractivity contribution in [3.63, 3.8) is 0 Å². The molecule has 118 valence electrons. The fraction of sp³-hybridized carbons (Fsp3) is 0.600. The Kier molecular flexibility index (Phi) is 4.85. The van der Waals surface area contributed by atoms with E-state index in [4.69, 9.17) is 5.73 Å². The Morgan fingerprint density at radius 1 is 1.24 bits per heavy atom. The number of benzene rings is 1. The van der Waals surface area contributed by atoms with Gasteiger partial charge in [-0.25, -0.2) is 4.39 Å². The van der Waals surface area contributed by atoms with Gasteiger partial charge in [0.25, 0.3) is 0 Å². The van der Waals surface area contributed by atoms with E-state index in [1.165, 1.54) is 6.07 Å². The maximum absolute atomic E-state index is 13.6. The minimum absolute atomic E-state index is 0.247. The van der Waals surface area contributed by atoms with E-state index in [1.807, 2.05) is 4.90 Å². The Labute approximate surface area is 122 Å². The minimum Gasteiger partial charge on any atom is -0.432 e. The number of rotatable bonds is 4. The second kappa shape index (κ2) is 6.45. The van der Waals surface area contributed by atoms with Crippen LogP contribution in [0.25, 0.3) is 0 Å². The number of ether oxygens (including phenoxy) is 1. The van der Waals surface area contributed by atoms with Gasteiger partial charge < -0.3 is 15.4 Å². The Morgan fingerprint density at radius 3 is 2.38 bits per heavy atom. The number of nitrogens with zero attached hydrogens (tertiary/aromatic N) is 1. The Bertz CT molecular complexity index is 486. The van der Waals surface area contributed by atoms with Crippen molar-refractivity contribution in [3.05, 3.63) is 17.9 Å². The SMILES string of the molecule is CC(C)C1CCN(c2cc(OC(F)F)c(F)cc2N)CC1. The van der Waals surface area contributed by atoms with E-state index >= 15 is 0 Å². The molecule has 1 fully saturated rings. The van der Waals surface area contributed by atoms with Crippen molar-refractivity contribution in [1.29, 1.82) is 0 Å². The van der Waals surface area contributed by atoms with Crippen LogP contribution in [0.5, 0.6) is 5.75 Å².